The second-order valence-corrected chi connectivity index (χ2v) is 15.1. The van der Waals surface area contributed by atoms with Crippen LogP contribution in [0.25, 0.3) is 85.5 Å². The Hall–Kier alpha value is -6.74. The summed E-state index contributed by atoms with van der Waals surface area (Å²) in [4.78, 5) is 2.48. The van der Waals surface area contributed by atoms with E-state index in [1.807, 2.05) is 11.3 Å². The molecule has 11 rings (SSSR count). The molecule has 0 fully saturated rings. The summed E-state index contributed by atoms with van der Waals surface area (Å²) in [6.45, 7) is 0. The van der Waals surface area contributed by atoms with Crippen molar-refractivity contribution in [3.05, 3.63) is 200 Å². The van der Waals surface area contributed by atoms with Crippen molar-refractivity contribution in [1.82, 2.24) is 0 Å². The summed E-state index contributed by atoms with van der Waals surface area (Å²) in [6.07, 6.45) is 0. The summed E-state index contributed by atoms with van der Waals surface area (Å²) in [5.74, 6) is 0. The Kier molecular flexibility index (Phi) is 7.11. The van der Waals surface area contributed by atoms with Crippen LogP contribution in [0.5, 0.6) is 0 Å². The van der Waals surface area contributed by atoms with Gasteiger partial charge in [0.2, 0.25) is 0 Å². The average molecular weight is 704 g/mol. The minimum absolute atomic E-state index is 1.13. The van der Waals surface area contributed by atoms with E-state index in [1.165, 1.54) is 85.5 Å². The average Bonchev–Trinajstić information content (AvgIpc) is 3.62. The fourth-order valence-corrected chi connectivity index (χ4v) is 9.69. The lowest BCUT2D eigenvalue weighted by Gasteiger charge is -2.30. The van der Waals surface area contributed by atoms with Crippen LogP contribution >= 0.6 is 11.3 Å². The van der Waals surface area contributed by atoms with E-state index in [-0.39, 0.29) is 0 Å². The van der Waals surface area contributed by atoms with Gasteiger partial charge in [0.25, 0.3) is 0 Å². The van der Waals surface area contributed by atoms with Crippen LogP contribution in [0.1, 0.15) is 0 Å². The van der Waals surface area contributed by atoms with Crippen LogP contribution in [-0.4, -0.2) is 0 Å². The molecule has 54 heavy (non-hydrogen) atoms. The summed E-state index contributed by atoms with van der Waals surface area (Å²) >= 11 is 1.86. The predicted molar refractivity (Wildman–Crippen MR) is 235 cm³/mol. The lowest BCUT2D eigenvalue weighted by atomic mass is 9.88. The Bertz CT molecular complexity index is 3230. The van der Waals surface area contributed by atoms with Crippen LogP contribution in [0.4, 0.5) is 17.1 Å². The van der Waals surface area contributed by atoms with E-state index in [0.29, 0.717) is 0 Å². The topological polar surface area (TPSA) is 3.24 Å². The summed E-state index contributed by atoms with van der Waals surface area (Å²) in [6, 6.07) is 73.6. The number of hydrogen-bond acceptors (Lipinski definition) is 2. The Labute approximate surface area is 317 Å². The fraction of sp³-hybridized carbons (Fsp3) is 0. The maximum absolute atomic E-state index is 2.48. The molecule has 0 spiro atoms. The number of nitrogens with zero attached hydrogens (tertiary/aromatic N) is 1. The lowest BCUT2D eigenvalue weighted by Crippen LogP contribution is -2.12. The van der Waals surface area contributed by atoms with Crippen LogP contribution in [0, 0.1) is 0 Å². The molecule has 0 radical (unpaired) electrons. The molecule has 1 nitrogen and oxygen atoms in total. The molecule has 252 valence electrons. The van der Waals surface area contributed by atoms with Crippen LogP contribution in [0.2, 0.25) is 0 Å². The summed E-state index contributed by atoms with van der Waals surface area (Å²) in [7, 11) is 0. The molecule has 11 aromatic rings. The van der Waals surface area contributed by atoms with Crippen LogP contribution in [0.15, 0.2) is 200 Å². The molecule has 0 bridgehead atoms. The first-order valence-electron chi connectivity index (χ1n) is 18.5. The van der Waals surface area contributed by atoms with Crippen molar-refractivity contribution in [1.29, 1.82) is 0 Å². The first-order valence-corrected chi connectivity index (χ1v) is 19.3. The molecule has 1 heterocycles. The van der Waals surface area contributed by atoms with Gasteiger partial charge in [0.15, 0.2) is 0 Å². The second-order valence-electron chi connectivity index (χ2n) is 14.0. The van der Waals surface area contributed by atoms with Crippen molar-refractivity contribution in [2.45, 2.75) is 0 Å². The Morgan fingerprint density at radius 2 is 0.889 bits per heavy atom. The SMILES string of the molecule is c1ccc(-c2ccccc2N(c2ccc3sc4ccccc4c3c2)c2ccccc2-c2cc3ccc4ccc5ccccc5c4c3c3ccccc23)cc1. The number of para-hydroxylation sites is 2. The van der Waals surface area contributed by atoms with Crippen LogP contribution in [0.3, 0.4) is 0 Å². The highest BCUT2D eigenvalue weighted by Crippen LogP contribution is 2.49. The van der Waals surface area contributed by atoms with Crippen molar-refractivity contribution in [2.24, 2.45) is 0 Å². The number of thiophene rings is 1. The molecule has 0 aliphatic heterocycles. The van der Waals surface area contributed by atoms with Gasteiger partial charge in [-0.25, -0.2) is 0 Å². The fourth-order valence-electron chi connectivity index (χ4n) is 8.60. The molecule has 0 aliphatic rings. The third-order valence-electron chi connectivity index (χ3n) is 11.0. The Morgan fingerprint density at radius 1 is 0.315 bits per heavy atom. The van der Waals surface area contributed by atoms with E-state index in [0.717, 1.165) is 17.1 Å². The first kappa shape index (κ1) is 30.8. The molecular weight excluding hydrogens is 671 g/mol. The normalized spacial score (nSPS) is 11.7. The van der Waals surface area contributed by atoms with Gasteiger partial charge in [0, 0.05) is 37.0 Å². The van der Waals surface area contributed by atoms with E-state index < -0.39 is 0 Å². The van der Waals surface area contributed by atoms with Gasteiger partial charge >= 0.3 is 0 Å². The van der Waals surface area contributed by atoms with E-state index in [9.17, 15) is 0 Å². The summed E-state index contributed by atoms with van der Waals surface area (Å²) in [5.41, 5.74) is 8.18. The second kappa shape index (κ2) is 12.4. The van der Waals surface area contributed by atoms with E-state index >= 15 is 0 Å². The van der Waals surface area contributed by atoms with Gasteiger partial charge in [-0.2, -0.15) is 0 Å². The zero-order valence-electron chi connectivity index (χ0n) is 29.4. The molecule has 10 aromatic carbocycles. The molecule has 0 saturated heterocycles. The van der Waals surface area contributed by atoms with Gasteiger partial charge in [-0.05, 0) is 96.7 Å². The molecule has 2 heteroatoms. The van der Waals surface area contributed by atoms with Gasteiger partial charge in [0.05, 0.1) is 11.4 Å². The lowest BCUT2D eigenvalue weighted by molar-refractivity contribution is 1.29. The van der Waals surface area contributed by atoms with Gasteiger partial charge in [-0.1, -0.05) is 158 Å². The standard InChI is InChI=1S/C52H33NS/c1-2-14-34(15-3-1)39-17-8-11-23-47(39)53(38-30-31-50-46(33-38)43-21-10-13-25-49(43)54-50)48-24-12-9-20-42(48)45-32-37-29-28-36-27-26-35-16-4-5-18-40(35)51(36)52(37)44-22-7-6-19-41(44)45/h1-33H. The quantitative estimate of drug-likeness (QED) is 0.161. The summed E-state index contributed by atoms with van der Waals surface area (Å²) in [5, 5.41) is 12.8. The molecule has 0 saturated carbocycles. The molecule has 0 amide bonds. The molecular formula is C52H33NS. The number of anilines is 3. The number of fused-ring (bicyclic) bond motifs is 10. The third-order valence-corrected chi connectivity index (χ3v) is 12.2. The minimum Gasteiger partial charge on any atom is -0.309 e. The minimum atomic E-state index is 1.13. The van der Waals surface area contributed by atoms with Gasteiger partial charge < -0.3 is 4.90 Å². The van der Waals surface area contributed by atoms with Crippen molar-refractivity contribution >= 4 is 91.7 Å². The highest BCUT2D eigenvalue weighted by molar-refractivity contribution is 7.25. The zero-order valence-corrected chi connectivity index (χ0v) is 30.2. The van der Waals surface area contributed by atoms with Crippen molar-refractivity contribution in [2.75, 3.05) is 4.90 Å². The van der Waals surface area contributed by atoms with Crippen molar-refractivity contribution < 1.29 is 0 Å². The third kappa shape index (κ3) is 4.85. The molecule has 0 aliphatic carbocycles. The van der Waals surface area contributed by atoms with Crippen molar-refractivity contribution in [3.8, 4) is 22.3 Å². The van der Waals surface area contributed by atoms with Crippen molar-refractivity contribution in [3.63, 3.8) is 0 Å². The first-order chi connectivity index (χ1) is 26.8. The predicted octanol–water partition coefficient (Wildman–Crippen LogP) is 15.5. The van der Waals surface area contributed by atoms with Crippen LogP contribution < -0.4 is 4.90 Å². The maximum atomic E-state index is 2.48. The van der Waals surface area contributed by atoms with E-state index in [2.05, 4.69) is 205 Å². The Balaban J connectivity index is 1.22. The van der Waals surface area contributed by atoms with Gasteiger partial charge in [0.1, 0.15) is 0 Å². The molecule has 0 unspecified atom stereocenters. The maximum Gasteiger partial charge on any atom is 0.0540 e. The highest BCUT2D eigenvalue weighted by Gasteiger charge is 2.23. The molecule has 1 aromatic heterocycles. The highest BCUT2D eigenvalue weighted by atomic mass is 32.1. The smallest absolute Gasteiger partial charge is 0.0540 e. The molecule has 0 atom stereocenters. The number of rotatable bonds is 5. The van der Waals surface area contributed by atoms with Gasteiger partial charge in [-0.15, -0.1) is 11.3 Å². The summed E-state index contributed by atoms with van der Waals surface area (Å²) < 4.78 is 2.61. The zero-order chi connectivity index (χ0) is 35.6. The number of hydrogen-bond donors (Lipinski definition) is 0. The monoisotopic (exact) mass is 703 g/mol. The largest absolute Gasteiger partial charge is 0.309 e. The van der Waals surface area contributed by atoms with E-state index in [4.69, 9.17) is 0 Å². The van der Waals surface area contributed by atoms with Gasteiger partial charge in [-0.3, -0.25) is 0 Å². The van der Waals surface area contributed by atoms with E-state index in [1.54, 1.807) is 0 Å². The van der Waals surface area contributed by atoms with Crippen LogP contribution in [-0.2, 0) is 0 Å². The molecule has 0 N–H and O–H groups in total. The number of benzene rings is 10. The Morgan fingerprint density at radius 3 is 1.72 bits per heavy atom.